The van der Waals surface area contributed by atoms with Crippen LogP contribution in [0.15, 0.2) is 29.3 Å². The number of guanidine groups is 1. The van der Waals surface area contributed by atoms with Crippen LogP contribution in [0.25, 0.3) is 0 Å². The summed E-state index contributed by atoms with van der Waals surface area (Å²) in [5.41, 5.74) is 2.88. The van der Waals surface area contributed by atoms with Crippen molar-refractivity contribution in [2.45, 2.75) is 38.6 Å². The number of nitrogens with zero attached hydrogens (tertiary/aromatic N) is 2. The Kier molecular flexibility index (Phi) is 8.06. The van der Waals surface area contributed by atoms with Gasteiger partial charge in [0.2, 0.25) is 0 Å². The second kappa shape index (κ2) is 10.5. The summed E-state index contributed by atoms with van der Waals surface area (Å²) in [6, 6.07) is 8.79. The summed E-state index contributed by atoms with van der Waals surface area (Å²) in [5, 5.41) is 7.01. The molecule has 2 aliphatic heterocycles. The monoisotopic (exact) mass is 404 g/mol. The summed E-state index contributed by atoms with van der Waals surface area (Å²) in [7, 11) is 0. The van der Waals surface area contributed by atoms with E-state index >= 15 is 0 Å². The summed E-state index contributed by atoms with van der Waals surface area (Å²) in [4.78, 5) is 7.65. The molecule has 2 unspecified atom stereocenters. The molecule has 0 saturated carbocycles. The molecule has 1 aromatic rings. The minimum absolute atomic E-state index is 0.193. The fourth-order valence-electron chi connectivity index (χ4n) is 4.02. The molecule has 156 valence electrons. The van der Waals surface area contributed by atoms with Gasteiger partial charge in [0, 0.05) is 31.9 Å². The molecule has 2 fully saturated rings. The number of thioether (sulfide) groups is 1. The van der Waals surface area contributed by atoms with E-state index in [1.807, 2.05) is 0 Å². The number of hydrogen-bond acceptors (Lipinski definition) is 4. The lowest BCUT2D eigenvalue weighted by molar-refractivity contribution is -0.0104. The molecule has 3 rings (SSSR count). The first-order valence-electron chi connectivity index (χ1n) is 10.6. The lowest BCUT2D eigenvalue weighted by Gasteiger charge is -2.42. The molecule has 2 heterocycles. The van der Waals surface area contributed by atoms with E-state index < -0.39 is 0 Å². The maximum Gasteiger partial charge on any atom is 0.191 e. The second-order valence-corrected chi connectivity index (χ2v) is 9.12. The second-order valence-electron chi connectivity index (χ2n) is 8.02. The Morgan fingerprint density at radius 1 is 1.32 bits per heavy atom. The molecule has 5 nitrogen and oxygen atoms in total. The van der Waals surface area contributed by atoms with Crippen molar-refractivity contribution in [1.29, 1.82) is 0 Å². The molecule has 6 heteroatoms. The van der Waals surface area contributed by atoms with Crippen LogP contribution in [0, 0.1) is 6.92 Å². The number of rotatable bonds is 7. The Labute approximate surface area is 174 Å². The summed E-state index contributed by atoms with van der Waals surface area (Å²) >= 11 is 2.06. The maximum atomic E-state index is 5.57. The van der Waals surface area contributed by atoms with Crippen molar-refractivity contribution in [3.63, 3.8) is 0 Å². The number of ether oxygens (including phenoxy) is 1. The van der Waals surface area contributed by atoms with E-state index in [4.69, 9.17) is 9.73 Å². The van der Waals surface area contributed by atoms with Crippen LogP contribution in [0.5, 0.6) is 0 Å². The van der Waals surface area contributed by atoms with Crippen molar-refractivity contribution in [3.05, 3.63) is 35.4 Å². The zero-order valence-corrected chi connectivity index (χ0v) is 18.5. The van der Waals surface area contributed by atoms with Crippen molar-refractivity contribution >= 4 is 17.7 Å². The quantitative estimate of drug-likeness (QED) is 0.541. The van der Waals surface area contributed by atoms with Gasteiger partial charge >= 0.3 is 0 Å². The minimum atomic E-state index is 0.193. The van der Waals surface area contributed by atoms with Gasteiger partial charge in [-0.2, -0.15) is 11.8 Å². The Balaban J connectivity index is 1.62. The van der Waals surface area contributed by atoms with E-state index in [2.05, 4.69) is 72.3 Å². The van der Waals surface area contributed by atoms with E-state index in [-0.39, 0.29) is 5.54 Å². The number of benzene rings is 1. The van der Waals surface area contributed by atoms with Crippen molar-refractivity contribution < 1.29 is 4.74 Å². The summed E-state index contributed by atoms with van der Waals surface area (Å²) in [6.45, 7) is 12.9. The minimum Gasteiger partial charge on any atom is -0.379 e. The van der Waals surface area contributed by atoms with Crippen LogP contribution >= 0.6 is 11.8 Å². The zero-order chi connectivity index (χ0) is 19.8. The van der Waals surface area contributed by atoms with Gasteiger partial charge in [-0.1, -0.05) is 36.8 Å². The van der Waals surface area contributed by atoms with Gasteiger partial charge in [-0.15, -0.1) is 0 Å². The lowest BCUT2D eigenvalue weighted by Crippen LogP contribution is -2.56. The number of hydrogen-bond donors (Lipinski definition) is 2. The van der Waals surface area contributed by atoms with E-state index in [0.29, 0.717) is 5.92 Å². The van der Waals surface area contributed by atoms with Gasteiger partial charge in [-0.25, -0.2) is 0 Å². The van der Waals surface area contributed by atoms with Gasteiger partial charge in [0.15, 0.2) is 5.96 Å². The Morgan fingerprint density at radius 2 is 2.14 bits per heavy atom. The summed E-state index contributed by atoms with van der Waals surface area (Å²) in [6.07, 6.45) is 1.22. The lowest BCUT2D eigenvalue weighted by atomic mass is 9.96. The molecule has 0 radical (unpaired) electrons. The third-order valence-electron chi connectivity index (χ3n) is 5.83. The maximum absolute atomic E-state index is 5.57. The van der Waals surface area contributed by atoms with Crippen LogP contribution in [0.2, 0.25) is 0 Å². The highest BCUT2D eigenvalue weighted by molar-refractivity contribution is 7.99. The van der Waals surface area contributed by atoms with Crippen molar-refractivity contribution in [3.8, 4) is 0 Å². The van der Waals surface area contributed by atoms with Crippen LogP contribution in [0.3, 0.4) is 0 Å². The van der Waals surface area contributed by atoms with Gasteiger partial charge in [0.05, 0.1) is 25.3 Å². The van der Waals surface area contributed by atoms with Gasteiger partial charge in [0.1, 0.15) is 0 Å². The molecule has 1 aromatic carbocycles. The molecule has 28 heavy (non-hydrogen) atoms. The van der Waals surface area contributed by atoms with E-state index in [1.54, 1.807) is 0 Å². The molecule has 2 atom stereocenters. The van der Waals surface area contributed by atoms with E-state index in [0.717, 1.165) is 51.9 Å². The average Bonchev–Trinajstić information content (AvgIpc) is 3.21. The van der Waals surface area contributed by atoms with Crippen molar-refractivity contribution in [2.75, 3.05) is 57.4 Å². The number of aliphatic imine (C=N–C) groups is 1. The predicted molar refractivity (Wildman–Crippen MR) is 121 cm³/mol. The van der Waals surface area contributed by atoms with Gasteiger partial charge in [0.25, 0.3) is 0 Å². The highest BCUT2D eigenvalue weighted by Crippen LogP contribution is 2.34. The van der Waals surface area contributed by atoms with Gasteiger partial charge < -0.3 is 15.4 Å². The zero-order valence-electron chi connectivity index (χ0n) is 17.7. The van der Waals surface area contributed by atoms with Crippen LogP contribution < -0.4 is 10.6 Å². The molecule has 0 amide bonds. The highest BCUT2D eigenvalue weighted by atomic mass is 32.2. The Morgan fingerprint density at radius 3 is 2.82 bits per heavy atom. The molecular formula is C22H36N4OS. The van der Waals surface area contributed by atoms with E-state index in [9.17, 15) is 0 Å². The van der Waals surface area contributed by atoms with Crippen molar-refractivity contribution in [1.82, 2.24) is 15.5 Å². The number of aryl methyl sites for hydroxylation is 1. The van der Waals surface area contributed by atoms with Crippen LogP contribution in [-0.4, -0.2) is 73.8 Å². The smallest absolute Gasteiger partial charge is 0.191 e. The number of nitrogens with one attached hydrogen (secondary N) is 2. The topological polar surface area (TPSA) is 48.9 Å². The van der Waals surface area contributed by atoms with Crippen LogP contribution in [0.1, 0.15) is 37.3 Å². The molecular weight excluding hydrogens is 368 g/mol. The third kappa shape index (κ3) is 5.65. The first-order valence-corrected chi connectivity index (χ1v) is 11.8. The van der Waals surface area contributed by atoms with E-state index in [1.165, 1.54) is 29.1 Å². The predicted octanol–water partition coefficient (Wildman–Crippen LogP) is 2.86. The fourth-order valence-corrected chi connectivity index (χ4v) is 5.49. The first kappa shape index (κ1) is 21.5. The summed E-state index contributed by atoms with van der Waals surface area (Å²) in [5.74, 6) is 3.79. The van der Waals surface area contributed by atoms with Crippen LogP contribution in [-0.2, 0) is 4.74 Å². The highest BCUT2D eigenvalue weighted by Gasteiger charge is 2.40. The Hall–Kier alpha value is -1.24. The molecule has 0 aliphatic carbocycles. The van der Waals surface area contributed by atoms with Crippen LogP contribution in [0.4, 0.5) is 0 Å². The molecule has 0 spiro atoms. The van der Waals surface area contributed by atoms with Crippen molar-refractivity contribution in [2.24, 2.45) is 4.99 Å². The average molecular weight is 405 g/mol. The Bertz CT molecular complexity index is 639. The molecule has 2 N–H and O–H groups in total. The SMILES string of the molecule is CCNC(=NCC1(N2CCOCC2)CCSC1)NCC(C)c1cccc(C)c1. The molecule has 2 saturated heterocycles. The summed E-state index contributed by atoms with van der Waals surface area (Å²) < 4.78 is 5.57. The molecule has 0 aromatic heterocycles. The normalized spacial score (nSPS) is 24.9. The molecule has 0 bridgehead atoms. The number of morpholine rings is 1. The van der Waals surface area contributed by atoms with Gasteiger partial charge in [-0.3, -0.25) is 9.89 Å². The standard InChI is InChI=1S/C22H36N4OS/c1-4-23-21(24-15-19(3)20-7-5-6-18(2)14-20)25-16-22(8-13-28-17-22)26-9-11-27-12-10-26/h5-7,14,19H,4,8-13,15-17H2,1-3H3,(H2,23,24,25). The van der Waals surface area contributed by atoms with Gasteiger partial charge in [-0.05, 0) is 37.5 Å². The fraction of sp³-hybridized carbons (Fsp3) is 0.682. The first-order chi connectivity index (χ1) is 13.6. The molecule has 2 aliphatic rings. The largest absolute Gasteiger partial charge is 0.379 e. The third-order valence-corrected chi connectivity index (χ3v) is 7.06.